The lowest BCUT2D eigenvalue weighted by Crippen LogP contribution is -2.37. The summed E-state index contributed by atoms with van der Waals surface area (Å²) in [6, 6.07) is 0.654. The molecule has 0 aliphatic carbocycles. The second-order valence-electron chi connectivity index (χ2n) is 5.23. The zero-order valence-electron chi connectivity index (χ0n) is 10.3. The van der Waals surface area contributed by atoms with Gasteiger partial charge in [-0.2, -0.15) is 0 Å². The Kier molecular flexibility index (Phi) is 6.67. The highest BCUT2D eigenvalue weighted by molar-refractivity contribution is 6.18. The number of likely N-dealkylation sites (tertiary alicyclic amines) is 1. The Morgan fingerprint density at radius 1 is 1.27 bits per heavy atom. The molecule has 2 heteroatoms. The molecule has 90 valence electrons. The van der Waals surface area contributed by atoms with Crippen molar-refractivity contribution >= 4 is 11.6 Å². The van der Waals surface area contributed by atoms with Crippen LogP contribution in [0.25, 0.3) is 0 Å². The number of hydrogen-bond donors (Lipinski definition) is 0. The van der Waals surface area contributed by atoms with Crippen molar-refractivity contribution in [2.24, 2.45) is 5.92 Å². The Labute approximate surface area is 100 Å². The molecule has 15 heavy (non-hydrogen) atoms. The molecule has 0 bridgehead atoms. The van der Waals surface area contributed by atoms with E-state index in [-0.39, 0.29) is 0 Å². The number of alkyl halides is 1. The summed E-state index contributed by atoms with van der Waals surface area (Å²) in [5.41, 5.74) is 0. The van der Waals surface area contributed by atoms with Crippen LogP contribution < -0.4 is 0 Å². The molecule has 1 heterocycles. The Balaban J connectivity index is 2.28. The lowest BCUT2D eigenvalue weighted by Gasteiger charge is -2.28. The van der Waals surface area contributed by atoms with E-state index < -0.39 is 0 Å². The van der Waals surface area contributed by atoms with Gasteiger partial charge in [0, 0.05) is 11.9 Å². The summed E-state index contributed by atoms with van der Waals surface area (Å²) in [6.07, 6.45) is 8.14. The van der Waals surface area contributed by atoms with Gasteiger partial charge < -0.3 is 0 Å². The quantitative estimate of drug-likeness (QED) is 0.649. The third kappa shape index (κ3) is 5.21. The average molecular weight is 232 g/mol. The first-order valence-electron chi connectivity index (χ1n) is 6.54. The van der Waals surface area contributed by atoms with Gasteiger partial charge in [-0.3, -0.25) is 4.90 Å². The molecule has 1 atom stereocenters. The number of halogens is 1. The number of nitrogens with zero attached hydrogens (tertiary/aromatic N) is 1. The fourth-order valence-corrected chi connectivity index (χ4v) is 2.76. The molecule has 0 radical (unpaired) electrons. The first-order valence-corrected chi connectivity index (χ1v) is 7.07. The molecule has 1 aliphatic heterocycles. The van der Waals surface area contributed by atoms with Crippen LogP contribution in [0.1, 0.15) is 52.4 Å². The van der Waals surface area contributed by atoms with E-state index in [0.717, 1.165) is 11.8 Å². The SMILES string of the molecule is CC(C)CCCN1CCCCCC1CCl. The normalized spacial score (nSPS) is 24.4. The van der Waals surface area contributed by atoms with Crippen LogP contribution in [0.15, 0.2) is 0 Å². The van der Waals surface area contributed by atoms with E-state index >= 15 is 0 Å². The number of rotatable bonds is 5. The predicted molar refractivity (Wildman–Crippen MR) is 68.6 cm³/mol. The first-order chi connectivity index (χ1) is 7.24. The van der Waals surface area contributed by atoms with Crippen molar-refractivity contribution < 1.29 is 0 Å². The Morgan fingerprint density at radius 3 is 2.73 bits per heavy atom. The molecule has 1 unspecified atom stereocenters. The van der Waals surface area contributed by atoms with Crippen LogP contribution in [0.3, 0.4) is 0 Å². The molecule has 1 rings (SSSR count). The van der Waals surface area contributed by atoms with E-state index in [1.165, 1.54) is 51.6 Å². The van der Waals surface area contributed by atoms with Gasteiger partial charge in [-0.15, -0.1) is 11.6 Å². The molecular weight excluding hydrogens is 206 g/mol. The van der Waals surface area contributed by atoms with Crippen LogP contribution in [-0.4, -0.2) is 29.9 Å². The first kappa shape index (κ1) is 13.3. The molecular formula is C13H26ClN. The van der Waals surface area contributed by atoms with Gasteiger partial charge in [-0.25, -0.2) is 0 Å². The maximum absolute atomic E-state index is 6.05. The molecule has 0 aromatic heterocycles. The third-order valence-corrected chi connectivity index (χ3v) is 3.76. The lowest BCUT2D eigenvalue weighted by atomic mass is 10.1. The highest BCUT2D eigenvalue weighted by Gasteiger charge is 2.19. The van der Waals surface area contributed by atoms with Crippen molar-refractivity contribution in [1.82, 2.24) is 4.90 Å². The Morgan fingerprint density at radius 2 is 2.07 bits per heavy atom. The van der Waals surface area contributed by atoms with Crippen LogP contribution in [-0.2, 0) is 0 Å². The van der Waals surface area contributed by atoms with Crippen LogP contribution >= 0.6 is 11.6 Å². The second-order valence-corrected chi connectivity index (χ2v) is 5.54. The minimum absolute atomic E-state index is 0.654. The molecule has 1 aliphatic rings. The van der Waals surface area contributed by atoms with Gasteiger partial charge in [-0.05, 0) is 44.7 Å². The maximum atomic E-state index is 6.05. The van der Waals surface area contributed by atoms with E-state index in [1.807, 2.05) is 0 Å². The smallest absolute Gasteiger partial charge is 0.0379 e. The largest absolute Gasteiger partial charge is 0.299 e. The summed E-state index contributed by atoms with van der Waals surface area (Å²) in [7, 11) is 0. The van der Waals surface area contributed by atoms with Crippen LogP contribution in [0.2, 0.25) is 0 Å². The van der Waals surface area contributed by atoms with E-state index in [2.05, 4.69) is 18.7 Å². The highest BCUT2D eigenvalue weighted by atomic mass is 35.5. The minimum Gasteiger partial charge on any atom is -0.299 e. The van der Waals surface area contributed by atoms with E-state index in [1.54, 1.807) is 0 Å². The van der Waals surface area contributed by atoms with Crippen molar-refractivity contribution in [2.45, 2.75) is 58.4 Å². The van der Waals surface area contributed by atoms with Crippen molar-refractivity contribution in [1.29, 1.82) is 0 Å². The maximum Gasteiger partial charge on any atom is 0.0379 e. The molecule has 1 saturated heterocycles. The van der Waals surface area contributed by atoms with Gasteiger partial charge in [0.05, 0.1) is 0 Å². The Hall–Kier alpha value is 0.250. The summed E-state index contributed by atoms with van der Waals surface area (Å²) < 4.78 is 0. The van der Waals surface area contributed by atoms with Gasteiger partial charge in [0.2, 0.25) is 0 Å². The fourth-order valence-electron chi connectivity index (χ4n) is 2.41. The standard InChI is InChI=1S/C13H26ClN/c1-12(2)7-6-10-15-9-5-3-4-8-13(15)11-14/h12-13H,3-11H2,1-2H3. The zero-order chi connectivity index (χ0) is 11.1. The molecule has 1 nitrogen and oxygen atoms in total. The molecule has 0 aromatic rings. The summed E-state index contributed by atoms with van der Waals surface area (Å²) in [5, 5.41) is 0. The van der Waals surface area contributed by atoms with Crippen molar-refractivity contribution in [3.8, 4) is 0 Å². The molecule has 1 fully saturated rings. The highest BCUT2D eigenvalue weighted by Crippen LogP contribution is 2.18. The molecule has 0 aromatic carbocycles. The predicted octanol–water partition coefficient (Wildman–Crippen LogP) is 3.91. The van der Waals surface area contributed by atoms with Gasteiger partial charge in [0.1, 0.15) is 0 Å². The Bertz CT molecular complexity index is 159. The van der Waals surface area contributed by atoms with Crippen molar-refractivity contribution in [3.63, 3.8) is 0 Å². The zero-order valence-corrected chi connectivity index (χ0v) is 11.1. The monoisotopic (exact) mass is 231 g/mol. The van der Waals surface area contributed by atoms with Gasteiger partial charge in [-0.1, -0.05) is 26.7 Å². The van der Waals surface area contributed by atoms with Crippen LogP contribution in [0.4, 0.5) is 0 Å². The number of hydrogen-bond acceptors (Lipinski definition) is 1. The minimum atomic E-state index is 0.654. The van der Waals surface area contributed by atoms with Crippen molar-refractivity contribution in [2.75, 3.05) is 19.0 Å². The third-order valence-electron chi connectivity index (χ3n) is 3.40. The van der Waals surface area contributed by atoms with Crippen molar-refractivity contribution in [3.05, 3.63) is 0 Å². The van der Waals surface area contributed by atoms with Crippen LogP contribution in [0.5, 0.6) is 0 Å². The second kappa shape index (κ2) is 7.51. The van der Waals surface area contributed by atoms with Gasteiger partial charge >= 0.3 is 0 Å². The average Bonchev–Trinajstić information content (AvgIpc) is 2.42. The van der Waals surface area contributed by atoms with Gasteiger partial charge in [0.15, 0.2) is 0 Å². The van der Waals surface area contributed by atoms with E-state index in [0.29, 0.717) is 6.04 Å². The molecule has 0 saturated carbocycles. The molecule has 0 N–H and O–H groups in total. The van der Waals surface area contributed by atoms with E-state index in [4.69, 9.17) is 11.6 Å². The summed E-state index contributed by atoms with van der Waals surface area (Å²) >= 11 is 6.05. The molecule has 0 amide bonds. The summed E-state index contributed by atoms with van der Waals surface area (Å²) in [5.74, 6) is 1.66. The summed E-state index contributed by atoms with van der Waals surface area (Å²) in [4.78, 5) is 2.63. The lowest BCUT2D eigenvalue weighted by molar-refractivity contribution is 0.209. The fraction of sp³-hybridized carbons (Fsp3) is 1.00. The van der Waals surface area contributed by atoms with Gasteiger partial charge in [0.25, 0.3) is 0 Å². The topological polar surface area (TPSA) is 3.24 Å². The van der Waals surface area contributed by atoms with E-state index in [9.17, 15) is 0 Å². The van der Waals surface area contributed by atoms with Crippen LogP contribution in [0, 0.1) is 5.92 Å². The molecule has 0 spiro atoms. The summed E-state index contributed by atoms with van der Waals surface area (Å²) in [6.45, 7) is 7.15.